The molecule has 0 saturated carbocycles. The van der Waals surface area contributed by atoms with Crippen molar-refractivity contribution >= 4 is 123 Å². The number of hydrogen-bond donors (Lipinski definition) is 0. The lowest BCUT2D eigenvalue weighted by Gasteiger charge is -2.33. The van der Waals surface area contributed by atoms with Crippen LogP contribution < -0.4 is 66.1 Å². The van der Waals surface area contributed by atoms with E-state index in [4.69, 9.17) is 28.4 Å². The van der Waals surface area contributed by atoms with Gasteiger partial charge in [0.1, 0.15) is 46.0 Å². The molecule has 12 heteroatoms. The SMILES string of the molecule is Brc1ccc2c3cc4c5c(c3n(-c3ccccc3)c2c1)Oc1ccccc1B5c1ccccc1O4.c1ccc(-n2c3cc(N4c5ccccc5Oc5ccccc54)ccc3c3cc4c5c(c32)Oc2ccccc2B5c2ccccc2O4)cc1.c1ccc2c(c1)Cc1ccccc1O2. The second kappa shape index (κ2) is 22.0. The van der Waals surface area contributed by atoms with Gasteiger partial charge in [0.05, 0.1) is 33.4 Å². The number of hydrogen-bond acceptors (Lipinski definition) is 7. The number of anilines is 3. The van der Waals surface area contributed by atoms with E-state index < -0.39 is 0 Å². The molecule has 6 aliphatic heterocycles. The lowest BCUT2D eigenvalue weighted by Crippen LogP contribution is -2.57. The summed E-state index contributed by atoms with van der Waals surface area (Å²) in [5, 5.41) is 4.47. The highest BCUT2D eigenvalue weighted by atomic mass is 79.9. The highest BCUT2D eigenvalue weighted by Gasteiger charge is 2.44. The van der Waals surface area contributed by atoms with Crippen LogP contribution in [0.25, 0.3) is 55.0 Å². The number of rotatable bonds is 3. The van der Waals surface area contributed by atoms with Gasteiger partial charge < -0.3 is 42.5 Å². The van der Waals surface area contributed by atoms with E-state index in [0.717, 1.165) is 174 Å². The Bertz CT molecular complexity index is 5800. The van der Waals surface area contributed by atoms with Gasteiger partial charge in [-0.05, 0) is 154 Å². The van der Waals surface area contributed by atoms with Crippen LogP contribution >= 0.6 is 15.9 Å². The van der Waals surface area contributed by atoms with Gasteiger partial charge in [-0.15, -0.1) is 0 Å². The number of aromatic nitrogens is 2. The third kappa shape index (κ3) is 8.73. The largest absolute Gasteiger partial charge is 0.458 e. The van der Waals surface area contributed by atoms with Crippen molar-refractivity contribution < 1.29 is 28.4 Å². The summed E-state index contributed by atoms with van der Waals surface area (Å²) in [6.07, 6.45) is 0.979. The van der Waals surface area contributed by atoms with Crippen LogP contribution in [-0.4, -0.2) is 22.6 Å². The number of benzene rings is 14. The van der Waals surface area contributed by atoms with Crippen LogP contribution in [-0.2, 0) is 6.42 Å². The van der Waals surface area contributed by atoms with Crippen molar-refractivity contribution in [2.45, 2.75) is 6.42 Å². The summed E-state index contributed by atoms with van der Waals surface area (Å²) >= 11 is 3.69. The first-order chi connectivity index (χ1) is 48.0. The Labute approximate surface area is 567 Å². The molecule has 9 nitrogen and oxygen atoms in total. The molecule has 6 aliphatic rings. The van der Waals surface area contributed by atoms with Crippen LogP contribution in [0, 0.1) is 0 Å². The van der Waals surface area contributed by atoms with Gasteiger partial charge in [-0.25, -0.2) is 0 Å². The molecule has 0 spiro atoms. The first kappa shape index (κ1) is 55.4. The third-order valence-corrected chi connectivity index (χ3v) is 20.1. The smallest absolute Gasteiger partial charge is 0.260 e. The summed E-state index contributed by atoms with van der Waals surface area (Å²) in [6.45, 7) is 0.0433. The van der Waals surface area contributed by atoms with Crippen molar-refractivity contribution in [3.05, 3.63) is 319 Å². The molecular weight excluding hydrogens is 1260 g/mol. The number of ether oxygens (including phenoxy) is 6. The second-order valence-electron chi connectivity index (χ2n) is 25.0. The van der Waals surface area contributed by atoms with Crippen molar-refractivity contribution in [3.8, 4) is 80.4 Å². The minimum Gasteiger partial charge on any atom is -0.458 e. The monoisotopic (exact) mass is 1310 g/mol. The molecule has 0 radical (unpaired) electrons. The zero-order valence-corrected chi connectivity index (χ0v) is 53.5. The number of para-hydroxylation sites is 12. The van der Waals surface area contributed by atoms with Crippen LogP contribution in [0.3, 0.4) is 0 Å². The molecule has 22 rings (SSSR count). The van der Waals surface area contributed by atoms with Crippen molar-refractivity contribution in [1.82, 2.24) is 9.13 Å². The zero-order valence-electron chi connectivity index (χ0n) is 51.9. The van der Waals surface area contributed by atoms with Crippen LogP contribution in [0.2, 0.25) is 0 Å². The number of nitrogens with zero attached hydrogens (tertiary/aromatic N) is 3. The molecule has 0 fully saturated rings. The summed E-state index contributed by atoms with van der Waals surface area (Å²) in [5.41, 5.74) is 18.8. The molecule has 0 aliphatic carbocycles. The third-order valence-electron chi connectivity index (χ3n) is 19.6. The molecular formula is C85H52B2BrN3O6. The summed E-state index contributed by atoms with van der Waals surface area (Å²) < 4.78 is 44.8. The van der Waals surface area contributed by atoms with E-state index in [1.54, 1.807) is 0 Å². The molecule has 97 heavy (non-hydrogen) atoms. The van der Waals surface area contributed by atoms with Gasteiger partial charge in [-0.2, -0.15) is 0 Å². The maximum atomic E-state index is 6.96. The Morgan fingerprint density at radius 3 is 1.11 bits per heavy atom. The summed E-state index contributed by atoms with van der Waals surface area (Å²) in [6, 6.07) is 105. The Kier molecular flexibility index (Phi) is 12.5. The fraction of sp³-hybridized carbons (Fsp3) is 0.0118. The van der Waals surface area contributed by atoms with Crippen LogP contribution in [0.15, 0.2) is 308 Å². The molecule has 2 aromatic heterocycles. The Morgan fingerprint density at radius 2 is 0.639 bits per heavy atom. The fourth-order valence-corrected chi connectivity index (χ4v) is 15.8. The topological polar surface area (TPSA) is 68.5 Å². The van der Waals surface area contributed by atoms with Gasteiger partial charge in [0.2, 0.25) is 0 Å². The predicted octanol–water partition coefficient (Wildman–Crippen LogP) is 18.7. The minimum absolute atomic E-state index is 0.00607. The maximum Gasteiger partial charge on any atom is 0.260 e. The molecule has 0 saturated heterocycles. The van der Waals surface area contributed by atoms with Gasteiger partial charge in [-0.1, -0.05) is 198 Å². The van der Waals surface area contributed by atoms with E-state index >= 15 is 0 Å². The molecule has 14 aromatic carbocycles. The number of halogens is 1. The zero-order chi connectivity index (χ0) is 63.8. The Balaban J connectivity index is 0.000000113. The van der Waals surface area contributed by atoms with E-state index in [-0.39, 0.29) is 13.4 Å². The standard InChI is InChI=1S/C42H25BN2O3.C30H17BBrNO2.C13H10O/c1-2-12-26(13-3-1)45-34-24-27(44-32-16-6-10-20-37(32)47-38-21-11-7-17-33(38)44)22-23-28(34)29-25-39-40-42(41(29)45)48-36-19-9-5-15-31(36)43(40)30-14-4-8-18-35(30)46-39;32-18-14-15-20-21-17-27-28-30(29(21)33(24(20)16-18)19-8-2-1-3-9-19)35-26-13-7-5-11-23(26)31(28)22-10-4-6-12-25(22)34-27;1-3-7-12-10(5-1)9-11-6-2-4-8-13(11)14-12/h1-25H;1-17H;1-8H,9H2. The summed E-state index contributed by atoms with van der Waals surface area (Å²) in [4.78, 5) is 2.29. The van der Waals surface area contributed by atoms with Crippen molar-refractivity contribution in [2.24, 2.45) is 0 Å². The van der Waals surface area contributed by atoms with Crippen LogP contribution in [0.4, 0.5) is 17.1 Å². The van der Waals surface area contributed by atoms with Crippen LogP contribution in [0.1, 0.15) is 11.1 Å². The highest BCUT2D eigenvalue weighted by molar-refractivity contribution is 9.10. The number of fused-ring (bicyclic) bond motifs is 20. The molecule has 0 amide bonds. The van der Waals surface area contributed by atoms with Gasteiger partial charge in [0.25, 0.3) is 13.4 Å². The van der Waals surface area contributed by atoms with Crippen molar-refractivity contribution in [2.75, 3.05) is 4.90 Å². The lowest BCUT2D eigenvalue weighted by atomic mass is 9.35. The average molecular weight is 1310 g/mol. The average Bonchev–Trinajstić information content (AvgIpc) is 1.66. The molecule has 456 valence electrons. The molecule has 0 unspecified atom stereocenters. The first-order valence-corrected chi connectivity index (χ1v) is 33.5. The van der Waals surface area contributed by atoms with Crippen LogP contribution in [0.5, 0.6) is 69.0 Å². The minimum atomic E-state index is -0.00607. The summed E-state index contributed by atoms with van der Waals surface area (Å²) in [7, 11) is 0. The maximum absolute atomic E-state index is 6.96. The van der Waals surface area contributed by atoms with Gasteiger partial charge in [-0.3, -0.25) is 0 Å². The second-order valence-corrected chi connectivity index (χ2v) is 25.9. The van der Waals surface area contributed by atoms with E-state index in [0.29, 0.717) is 0 Å². The quantitative estimate of drug-likeness (QED) is 0.163. The Hall–Kier alpha value is -12.1. The highest BCUT2D eigenvalue weighted by Crippen LogP contribution is 2.53. The van der Waals surface area contributed by atoms with E-state index in [9.17, 15) is 0 Å². The van der Waals surface area contributed by atoms with Gasteiger partial charge >= 0.3 is 0 Å². The molecule has 0 N–H and O–H groups in total. The van der Waals surface area contributed by atoms with Crippen molar-refractivity contribution in [3.63, 3.8) is 0 Å². The normalized spacial score (nSPS) is 13.2. The van der Waals surface area contributed by atoms with Gasteiger partial charge in [0.15, 0.2) is 23.0 Å². The van der Waals surface area contributed by atoms with Crippen molar-refractivity contribution in [1.29, 1.82) is 0 Å². The molecule has 0 atom stereocenters. The molecule has 16 aromatic rings. The Morgan fingerprint density at radius 1 is 0.278 bits per heavy atom. The summed E-state index contributed by atoms with van der Waals surface area (Å²) in [5.74, 6) is 10.6. The molecule has 8 heterocycles. The fourth-order valence-electron chi connectivity index (χ4n) is 15.4. The predicted molar refractivity (Wildman–Crippen MR) is 395 cm³/mol. The molecule has 0 bridgehead atoms. The van der Waals surface area contributed by atoms with Gasteiger partial charge in [0, 0.05) is 60.4 Å². The van der Waals surface area contributed by atoms with E-state index in [1.165, 1.54) is 22.1 Å². The first-order valence-electron chi connectivity index (χ1n) is 32.7. The van der Waals surface area contributed by atoms with E-state index in [2.05, 4.69) is 254 Å². The van der Waals surface area contributed by atoms with E-state index in [1.807, 2.05) is 78.9 Å². The lowest BCUT2D eigenvalue weighted by molar-refractivity contribution is 0.460.